The fourth-order valence-electron chi connectivity index (χ4n) is 4.70. The number of ether oxygens (including phenoxy) is 1. The van der Waals surface area contributed by atoms with Crippen LogP contribution in [-0.4, -0.2) is 62.8 Å². The van der Waals surface area contributed by atoms with Crippen LogP contribution in [0.3, 0.4) is 0 Å². The van der Waals surface area contributed by atoms with Gasteiger partial charge in [0, 0.05) is 51.1 Å². The summed E-state index contributed by atoms with van der Waals surface area (Å²) >= 11 is 0. The molecule has 0 bridgehead atoms. The van der Waals surface area contributed by atoms with Gasteiger partial charge in [-0.15, -0.1) is 0 Å². The monoisotopic (exact) mass is 357 g/mol. The molecule has 5 heteroatoms. The highest BCUT2D eigenvalue weighted by molar-refractivity contribution is 5.79. The number of hydrogen-bond donors (Lipinski definition) is 1. The third kappa shape index (κ3) is 4.04. The van der Waals surface area contributed by atoms with Gasteiger partial charge in [-0.2, -0.15) is 0 Å². The first-order valence-corrected chi connectivity index (χ1v) is 10.2. The van der Waals surface area contributed by atoms with E-state index >= 15 is 0 Å². The van der Waals surface area contributed by atoms with Crippen molar-refractivity contribution in [2.45, 2.75) is 38.1 Å². The molecule has 1 aromatic carbocycles. The average Bonchev–Trinajstić information content (AvgIpc) is 3.12. The van der Waals surface area contributed by atoms with E-state index in [0.29, 0.717) is 6.04 Å². The number of carbonyl (C=O) groups is 1. The number of carbonyl (C=O) groups excluding carboxylic acids is 1. The van der Waals surface area contributed by atoms with Crippen LogP contribution >= 0.6 is 0 Å². The number of benzene rings is 1. The Hall–Kier alpha value is -1.59. The van der Waals surface area contributed by atoms with Gasteiger partial charge in [0.25, 0.3) is 0 Å². The summed E-state index contributed by atoms with van der Waals surface area (Å²) < 4.78 is 5.48. The molecule has 0 saturated carbocycles. The van der Waals surface area contributed by atoms with E-state index < -0.39 is 0 Å². The SMILES string of the molecule is O=C(NCCN1CCc2ccccc21)C1CCCN(C2CCOCC2)C1. The van der Waals surface area contributed by atoms with Crippen molar-refractivity contribution in [1.82, 2.24) is 10.2 Å². The zero-order chi connectivity index (χ0) is 17.8. The average molecular weight is 357 g/mol. The summed E-state index contributed by atoms with van der Waals surface area (Å²) in [6.45, 7) is 6.50. The summed E-state index contributed by atoms with van der Waals surface area (Å²) in [5, 5.41) is 3.20. The molecule has 2 fully saturated rings. The van der Waals surface area contributed by atoms with Crippen LogP contribution in [-0.2, 0) is 16.0 Å². The van der Waals surface area contributed by atoms with E-state index in [4.69, 9.17) is 4.74 Å². The zero-order valence-corrected chi connectivity index (χ0v) is 15.7. The minimum atomic E-state index is 0.150. The predicted octanol–water partition coefficient (Wildman–Crippen LogP) is 2.06. The van der Waals surface area contributed by atoms with Gasteiger partial charge < -0.3 is 15.0 Å². The summed E-state index contributed by atoms with van der Waals surface area (Å²) in [4.78, 5) is 17.6. The predicted molar refractivity (Wildman–Crippen MR) is 104 cm³/mol. The van der Waals surface area contributed by atoms with Gasteiger partial charge in [-0.1, -0.05) is 18.2 Å². The molecule has 0 spiro atoms. The summed E-state index contributed by atoms with van der Waals surface area (Å²) in [5.41, 5.74) is 2.77. The molecule has 0 aliphatic carbocycles. The van der Waals surface area contributed by atoms with E-state index in [9.17, 15) is 4.79 Å². The first kappa shape index (κ1) is 17.8. The van der Waals surface area contributed by atoms with Crippen molar-refractivity contribution < 1.29 is 9.53 Å². The number of fused-ring (bicyclic) bond motifs is 1. The number of nitrogens with one attached hydrogen (secondary N) is 1. The van der Waals surface area contributed by atoms with E-state index in [1.165, 1.54) is 11.3 Å². The first-order valence-electron chi connectivity index (χ1n) is 10.2. The maximum absolute atomic E-state index is 12.7. The molecule has 3 aliphatic rings. The van der Waals surface area contributed by atoms with Gasteiger partial charge >= 0.3 is 0 Å². The number of nitrogens with zero attached hydrogens (tertiary/aromatic N) is 2. The quantitative estimate of drug-likeness (QED) is 0.876. The molecule has 1 N–H and O–H groups in total. The molecule has 26 heavy (non-hydrogen) atoms. The lowest BCUT2D eigenvalue weighted by Crippen LogP contribution is -2.49. The highest BCUT2D eigenvalue weighted by Crippen LogP contribution is 2.27. The summed E-state index contributed by atoms with van der Waals surface area (Å²) in [6.07, 6.45) is 5.51. The molecule has 0 radical (unpaired) electrons. The minimum Gasteiger partial charge on any atom is -0.381 e. The molecule has 3 aliphatic heterocycles. The minimum absolute atomic E-state index is 0.150. The standard InChI is InChI=1S/C21H31N3O2/c25-21(18-5-3-11-24(16-18)19-8-14-26-15-9-19)22-10-13-23-12-7-17-4-1-2-6-20(17)23/h1-2,4,6,18-19H,3,5,7-16H2,(H,22,25). The molecule has 3 heterocycles. The fraction of sp³-hybridized carbons (Fsp3) is 0.667. The molecule has 1 unspecified atom stereocenters. The van der Waals surface area contributed by atoms with E-state index in [-0.39, 0.29) is 11.8 Å². The summed E-state index contributed by atoms with van der Waals surface area (Å²) in [6, 6.07) is 9.22. The molecule has 1 amide bonds. The van der Waals surface area contributed by atoms with Crippen molar-refractivity contribution in [3.05, 3.63) is 29.8 Å². The second-order valence-electron chi connectivity index (χ2n) is 7.83. The van der Waals surface area contributed by atoms with E-state index in [1.54, 1.807) is 0 Å². The lowest BCUT2D eigenvalue weighted by Gasteiger charge is -2.39. The van der Waals surface area contributed by atoms with Gasteiger partial charge in [0.15, 0.2) is 0 Å². The molecule has 2 saturated heterocycles. The Bertz CT molecular complexity index is 615. The van der Waals surface area contributed by atoms with E-state index in [1.807, 2.05) is 0 Å². The van der Waals surface area contributed by atoms with Crippen LogP contribution in [0.4, 0.5) is 5.69 Å². The lowest BCUT2D eigenvalue weighted by atomic mass is 9.94. The van der Waals surface area contributed by atoms with Crippen LogP contribution in [0.1, 0.15) is 31.2 Å². The molecule has 1 atom stereocenters. The van der Waals surface area contributed by atoms with Crippen molar-refractivity contribution in [1.29, 1.82) is 0 Å². The molecule has 5 nitrogen and oxygen atoms in total. The van der Waals surface area contributed by atoms with Gasteiger partial charge in [-0.3, -0.25) is 9.69 Å². The fourth-order valence-corrected chi connectivity index (χ4v) is 4.70. The number of para-hydroxylation sites is 1. The second kappa shape index (κ2) is 8.40. The Kier molecular flexibility index (Phi) is 5.75. The largest absolute Gasteiger partial charge is 0.381 e. The molecular weight excluding hydrogens is 326 g/mol. The van der Waals surface area contributed by atoms with E-state index in [2.05, 4.69) is 39.4 Å². The normalized spacial score (nSPS) is 24.5. The Labute approximate surface area is 156 Å². The highest BCUT2D eigenvalue weighted by atomic mass is 16.5. The Morgan fingerprint density at radius 1 is 1.15 bits per heavy atom. The highest BCUT2D eigenvalue weighted by Gasteiger charge is 2.30. The Balaban J connectivity index is 1.23. The van der Waals surface area contributed by atoms with Crippen molar-refractivity contribution in [2.75, 3.05) is 50.8 Å². The Morgan fingerprint density at radius 2 is 2.00 bits per heavy atom. The van der Waals surface area contributed by atoms with Crippen molar-refractivity contribution in [3.63, 3.8) is 0 Å². The zero-order valence-electron chi connectivity index (χ0n) is 15.7. The number of anilines is 1. The van der Waals surface area contributed by atoms with Gasteiger partial charge in [0.2, 0.25) is 5.91 Å². The molecule has 142 valence electrons. The number of rotatable bonds is 5. The topological polar surface area (TPSA) is 44.8 Å². The van der Waals surface area contributed by atoms with Crippen LogP contribution in [0, 0.1) is 5.92 Å². The maximum atomic E-state index is 12.7. The third-order valence-corrected chi connectivity index (χ3v) is 6.20. The molecular formula is C21H31N3O2. The van der Waals surface area contributed by atoms with Gasteiger partial charge in [0.1, 0.15) is 0 Å². The molecule has 1 aromatic rings. The Morgan fingerprint density at radius 3 is 2.88 bits per heavy atom. The third-order valence-electron chi connectivity index (χ3n) is 6.20. The first-order chi connectivity index (χ1) is 12.8. The van der Waals surface area contributed by atoms with Crippen molar-refractivity contribution >= 4 is 11.6 Å². The lowest BCUT2D eigenvalue weighted by molar-refractivity contribution is -0.127. The smallest absolute Gasteiger partial charge is 0.224 e. The van der Waals surface area contributed by atoms with Crippen LogP contribution < -0.4 is 10.2 Å². The molecule has 4 rings (SSSR count). The summed E-state index contributed by atoms with van der Waals surface area (Å²) in [7, 11) is 0. The van der Waals surface area contributed by atoms with Crippen LogP contribution in [0.25, 0.3) is 0 Å². The van der Waals surface area contributed by atoms with Crippen molar-refractivity contribution in [3.8, 4) is 0 Å². The van der Waals surface area contributed by atoms with Gasteiger partial charge in [-0.05, 0) is 50.3 Å². The number of amides is 1. The van der Waals surface area contributed by atoms with Gasteiger partial charge in [-0.25, -0.2) is 0 Å². The number of hydrogen-bond acceptors (Lipinski definition) is 4. The molecule has 0 aromatic heterocycles. The van der Waals surface area contributed by atoms with Crippen LogP contribution in [0.15, 0.2) is 24.3 Å². The van der Waals surface area contributed by atoms with Crippen molar-refractivity contribution in [2.24, 2.45) is 5.92 Å². The second-order valence-corrected chi connectivity index (χ2v) is 7.83. The van der Waals surface area contributed by atoms with Gasteiger partial charge in [0.05, 0.1) is 5.92 Å². The van der Waals surface area contributed by atoms with E-state index in [0.717, 1.165) is 78.0 Å². The summed E-state index contributed by atoms with van der Waals surface area (Å²) in [5.74, 6) is 0.395. The van der Waals surface area contributed by atoms with Crippen LogP contribution in [0.2, 0.25) is 0 Å². The maximum Gasteiger partial charge on any atom is 0.224 e. The van der Waals surface area contributed by atoms with Crippen LogP contribution in [0.5, 0.6) is 0 Å². The number of piperidine rings is 1. The number of likely N-dealkylation sites (tertiary alicyclic amines) is 1.